The molecule has 3 heterocycles. The Balaban J connectivity index is 1.32. The van der Waals surface area contributed by atoms with Gasteiger partial charge in [-0.2, -0.15) is 5.10 Å². The molecule has 0 spiro atoms. The number of amides is 1. The molecule has 9 nitrogen and oxygen atoms in total. The molecular formula is C25H28N6O3. The van der Waals surface area contributed by atoms with Crippen molar-refractivity contribution < 1.29 is 14.3 Å². The fourth-order valence-corrected chi connectivity index (χ4v) is 4.23. The molecule has 1 aliphatic rings. The van der Waals surface area contributed by atoms with E-state index in [2.05, 4.69) is 37.5 Å². The molecule has 4 aromatic rings. The lowest BCUT2D eigenvalue weighted by Gasteiger charge is -2.26. The molecule has 0 aliphatic carbocycles. The minimum absolute atomic E-state index is 0.155. The van der Waals surface area contributed by atoms with Gasteiger partial charge in [0.05, 0.1) is 49.7 Å². The monoisotopic (exact) mass is 460 g/mol. The van der Waals surface area contributed by atoms with E-state index in [0.717, 1.165) is 55.0 Å². The predicted molar refractivity (Wildman–Crippen MR) is 130 cm³/mol. The Kier molecular flexibility index (Phi) is 6.29. The summed E-state index contributed by atoms with van der Waals surface area (Å²) in [4.78, 5) is 23.3. The summed E-state index contributed by atoms with van der Waals surface area (Å²) in [6, 6.07) is 11.9. The molecule has 5 rings (SSSR count). The summed E-state index contributed by atoms with van der Waals surface area (Å²) in [5.41, 5.74) is 6.20. The number of methoxy groups -OCH3 is 1. The van der Waals surface area contributed by atoms with E-state index in [-0.39, 0.29) is 12.3 Å². The number of anilines is 1. The van der Waals surface area contributed by atoms with Crippen molar-refractivity contribution >= 4 is 22.6 Å². The highest BCUT2D eigenvalue weighted by molar-refractivity contribution is 5.94. The molecule has 1 aliphatic heterocycles. The Bertz CT molecular complexity index is 1310. The molecule has 0 saturated carbocycles. The third-order valence-electron chi connectivity index (χ3n) is 5.99. The van der Waals surface area contributed by atoms with Gasteiger partial charge in [0.25, 0.3) is 0 Å². The van der Waals surface area contributed by atoms with E-state index < -0.39 is 0 Å². The molecule has 2 aromatic carbocycles. The van der Waals surface area contributed by atoms with E-state index in [4.69, 9.17) is 14.5 Å². The van der Waals surface area contributed by atoms with Gasteiger partial charge in [-0.05, 0) is 42.3 Å². The molecule has 1 amide bonds. The van der Waals surface area contributed by atoms with Crippen LogP contribution in [0.15, 0.2) is 42.6 Å². The van der Waals surface area contributed by atoms with Crippen LogP contribution in [0.1, 0.15) is 16.7 Å². The first-order valence-corrected chi connectivity index (χ1v) is 11.3. The zero-order valence-electron chi connectivity index (χ0n) is 19.4. The fraction of sp³-hybridized carbons (Fsp3) is 0.320. The van der Waals surface area contributed by atoms with Crippen LogP contribution in [0.3, 0.4) is 0 Å². The molecule has 1 fully saturated rings. The lowest BCUT2D eigenvalue weighted by molar-refractivity contribution is -0.115. The third-order valence-corrected chi connectivity index (χ3v) is 5.99. The van der Waals surface area contributed by atoms with E-state index in [9.17, 15) is 4.79 Å². The molecule has 0 radical (unpaired) electrons. The van der Waals surface area contributed by atoms with Gasteiger partial charge < -0.3 is 19.8 Å². The van der Waals surface area contributed by atoms with Crippen molar-refractivity contribution in [2.75, 3.05) is 38.7 Å². The van der Waals surface area contributed by atoms with Crippen molar-refractivity contribution in [1.82, 2.24) is 25.1 Å². The summed E-state index contributed by atoms with van der Waals surface area (Å²) in [5.74, 6) is 1.12. The van der Waals surface area contributed by atoms with Crippen molar-refractivity contribution in [3.8, 4) is 17.3 Å². The summed E-state index contributed by atoms with van der Waals surface area (Å²) in [6.45, 7) is 6.30. The van der Waals surface area contributed by atoms with E-state index in [1.54, 1.807) is 13.3 Å². The topological polar surface area (TPSA) is 108 Å². The number of benzene rings is 2. The van der Waals surface area contributed by atoms with Gasteiger partial charge in [-0.1, -0.05) is 12.1 Å². The Morgan fingerprint density at radius 1 is 1.21 bits per heavy atom. The zero-order chi connectivity index (χ0) is 23.5. The van der Waals surface area contributed by atoms with Crippen molar-refractivity contribution in [1.29, 1.82) is 0 Å². The lowest BCUT2D eigenvalue weighted by atomic mass is 10.1. The smallest absolute Gasteiger partial charge is 0.229 e. The number of ether oxygens (including phenoxy) is 2. The molecule has 176 valence electrons. The molecule has 34 heavy (non-hydrogen) atoms. The summed E-state index contributed by atoms with van der Waals surface area (Å²) in [6.07, 6.45) is 1.82. The number of H-pyrrole nitrogens is 2. The summed E-state index contributed by atoms with van der Waals surface area (Å²) in [7, 11) is 1.59. The number of morpholine rings is 1. The number of aryl methyl sites for hydroxylation is 1. The first kappa shape index (κ1) is 22.1. The number of carbonyl (C=O) groups is 1. The predicted octanol–water partition coefficient (Wildman–Crippen LogP) is 3.28. The number of nitrogens with one attached hydrogen (secondary N) is 3. The van der Waals surface area contributed by atoms with Crippen LogP contribution in [0.25, 0.3) is 22.6 Å². The van der Waals surface area contributed by atoms with Crippen LogP contribution in [-0.4, -0.2) is 64.4 Å². The van der Waals surface area contributed by atoms with Crippen LogP contribution < -0.4 is 10.1 Å². The van der Waals surface area contributed by atoms with Gasteiger partial charge in [0, 0.05) is 25.2 Å². The highest BCUT2D eigenvalue weighted by Gasteiger charge is 2.17. The molecule has 2 aromatic heterocycles. The van der Waals surface area contributed by atoms with Gasteiger partial charge in [-0.25, -0.2) is 4.98 Å². The number of rotatable bonds is 7. The van der Waals surface area contributed by atoms with Gasteiger partial charge in [0.2, 0.25) is 5.91 Å². The molecule has 0 bridgehead atoms. The minimum atomic E-state index is -0.157. The standard InChI is InChI=1S/C25H28N6O3/c1-16-3-6-22(33-2)21(11-16)27-23(32)13-18-14-26-30-24(18)25-28-19-5-4-17(12-20(19)29-25)15-31-7-9-34-10-8-31/h3-6,11-12,14H,7-10,13,15H2,1-2H3,(H,26,30)(H,27,32)(H,28,29). The van der Waals surface area contributed by atoms with Crippen molar-refractivity contribution in [2.45, 2.75) is 19.9 Å². The van der Waals surface area contributed by atoms with Crippen LogP contribution in [0.4, 0.5) is 5.69 Å². The SMILES string of the molecule is COc1ccc(C)cc1NC(=O)Cc1cn[nH]c1-c1nc2ccc(CN3CCOCC3)cc2[nH]1. The number of carbonyl (C=O) groups excluding carboxylic acids is 1. The maximum Gasteiger partial charge on any atom is 0.229 e. The van der Waals surface area contributed by atoms with Crippen LogP contribution in [0, 0.1) is 6.92 Å². The number of imidazole rings is 1. The van der Waals surface area contributed by atoms with Crippen molar-refractivity contribution in [3.63, 3.8) is 0 Å². The molecule has 3 N–H and O–H groups in total. The van der Waals surface area contributed by atoms with Crippen LogP contribution >= 0.6 is 0 Å². The molecular weight excluding hydrogens is 432 g/mol. The second-order valence-corrected chi connectivity index (χ2v) is 8.52. The fourth-order valence-electron chi connectivity index (χ4n) is 4.23. The van der Waals surface area contributed by atoms with E-state index in [1.165, 1.54) is 5.56 Å². The Labute approximate surface area is 197 Å². The summed E-state index contributed by atoms with van der Waals surface area (Å²) < 4.78 is 10.8. The second kappa shape index (κ2) is 9.66. The van der Waals surface area contributed by atoms with Gasteiger partial charge in [0.1, 0.15) is 11.4 Å². The van der Waals surface area contributed by atoms with E-state index in [1.807, 2.05) is 31.2 Å². The first-order valence-electron chi connectivity index (χ1n) is 11.3. The van der Waals surface area contributed by atoms with E-state index in [0.29, 0.717) is 23.0 Å². The molecule has 0 unspecified atom stereocenters. The number of nitrogens with zero attached hydrogens (tertiary/aromatic N) is 3. The minimum Gasteiger partial charge on any atom is -0.495 e. The Hall–Kier alpha value is -3.69. The average Bonchev–Trinajstić information content (AvgIpc) is 3.46. The number of aromatic amines is 2. The van der Waals surface area contributed by atoms with Crippen molar-refractivity contribution in [3.05, 3.63) is 59.3 Å². The number of aromatic nitrogens is 4. The first-order chi connectivity index (χ1) is 16.6. The lowest BCUT2D eigenvalue weighted by Crippen LogP contribution is -2.35. The van der Waals surface area contributed by atoms with Gasteiger partial charge in [0.15, 0.2) is 5.82 Å². The quantitative estimate of drug-likeness (QED) is 0.391. The molecule has 1 saturated heterocycles. The van der Waals surface area contributed by atoms with E-state index >= 15 is 0 Å². The Morgan fingerprint density at radius 3 is 2.88 bits per heavy atom. The van der Waals surface area contributed by atoms with Gasteiger partial charge in [-0.15, -0.1) is 0 Å². The normalized spacial score (nSPS) is 14.4. The van der Waals surface area contributed by atoms with Crippen LogP contribution in [0.5, 0.6) is 5.75 Å². The highest BCUT2D eigenvalue weighted by atomic mass is 16.5. The molecule has 9 heteroatoms. The number of hydrogen-bond acceptors (Lipinski definition) is 6. The third kappa shape index (κ3) is 4.80. The highest BCUT2D eigenvalue weighted by Crippen LogP contribution is 2.27. The largest absolute Gasteiger partial charge is 0.495 e. The van der Waals surface area contributed by atoms with Crippen molar-refractivity contribution in [2.24, 2.45) is 0 Å². The average molecular weight is 461 g/mol. The maximum atomic E-state index is 12.8. The summed E-state index contributed by atoms with van der Waals surface area (Å²) >= 11 is 0. The maximum absolute atomic E-state index is 12.8. The van der Waals surface area contributed by atoms with Gasteiger partial charge in [-0.3, -0.25) is 14.8 Å². The number of hydrogen-bond donors (Lipinski definition) is 3. The zero-order valence-corrected chi connectivity index (χ0v) is 19.4. The molecule has 0 atom stereocenters. The second-order valence-electron chi connectivity index (χ2n) is 8.52. The number of fused-ring (bicyclic) bond motifs is 1. The van der Waals surface area contributed by atoms with Crippen LogP contribution in [-0.2, 0) is 22.5 Å². The van der Waals surface area contributed by atoms with Crippen LogP contribution in [0.2, 0.25) is 0 Å². The summed E-state index contributed by atoms with van der Waals surface area (Å²) in [5, 5.41) is 10.1. The Morgan fingerprint density at radius 2 is 2.06 bits per heavy atom. The van der Waals surface area contributed by atoms with Gasteiger partial charge >= 0.3 is 0 Å².